The highest BCUT2D eigenvalue weighted by atomic mass is 32.2. The van der Waals surface area contributed by atoms with Gasteiger partial charge in [0, 0.05) is 19.3 Å². The number of nitrogens with zero attached hydrogens (tertiary/aromatic N) is 1. The summed E-state index contributed by atoms with van der Waals surface area (Å²) in [6, 6.07) is -0.592. The summed E-state index contributed by atoms with van der Waals surface area (Å²) in [5.74, 6) is -0.231. The van der Waals surface area contributed by atoms with Gasteiger partial charge in [-0.3, -0.25) is 4.79 Å². The van der Waals surface area contributed by atoms with E-state index in [1.165, 1.54) is 0 Å². The van der Waals surface area contributed by atoms with E-state index in [1.54, 1.807) is 11.9 Å². The van der Waals surface area contributed by atoms with E-state index in [4.69, 9.17) is 5.73 Å². The van der Waals surface area contributed by atoms with Gasteiger partial charge in [-0.25, -0.2) is 8.42 Å². The smallest absolute Gasteiger partial charge is 0.239 e. The van der Waals surface area contributed by atoms with Gasteiger partial charge in [0.1, 0.15) is 9.84 Å². The third kappa shape index (κ3) is 6.63. The quantitative estimate of drug-likeness (QED) is 0.721. The second-order valence-electron chi connectivity index (χ2n) is 4.61. The summed E-state index contributed by atoms with van der Waals surface area (Å²) < 4.78 is 22.0. The molecule has 17 heavy (non-hydrogen) atoms. The zero-order chi connectivity index (χ0) is 13.6. The SMILES string of the molecule is CCCC(C)N(C)C(=O)C(N)CCS(C)(=O)=O. The Hall–Kier alpha value is -0.620. The number of hydrogen-bond acceptors (Lipinski definition) is 4. The lowest BCUT2D eigenvalue weighted by Gasteiger charge is -2.27. The molecule has 0 saturated heterocycles. The van der Waals surface area contributed by atoms with Crippen molar-refractivity contribution in [3.05, 3.63) is 0 Å². The van der Waals surface area contributed by atoms with Crippen LogP contribution in [-0.4, -0.2) is 50.4 Å². The predicted molar refractivity (Wildman–Crippen MR) is 69.4 cm³/mol. The summed E-state index contributed by atoms with van der Waals surface area (Å²) in [6.45, 7) is 4.02. The minimum atomic E-state index is -3.06. The second kappa shape index (κ2) is 6.96. The molecule has 0 aliphatic rings. The third-order valence-electron chi connectivity index (χ3n) is 2.83. The molecule has 102 valence electrons. The molecule has 0 radical (unpaired) electrons. The van der Waals surface area contributed by atoms with Gasteiger partial charge in [0.2, 0.25) is 5.91 Å². The largest absolute Gasteiger partial charge is 0.342 e. The van der Waals surface area contributed by atoms with Crippen molar-refractivity contribution in [1.82, 2.24) is 4.90 Å². The van der Waals surface area contributed by atoms with Crippen molar-refractivity contribution in [2.45, 2.75) is 45.2 Å². The van der Waals surface area contributed by atoms with E-state index in [0.717, 1.165) is 19.1 Å². The van der Waals surface area contributed by atoms with Crippen LogP contribution in [0.3, 0.4) is 0 Å². The zero-order valence-corrected chi connectivity index (χ0v) is 12.0. The number of hydrogen-bond donors (Lipinski definition) is 1. The van der Waals surface area contributed by atoms with E-state index in [2.05, 4.69) is 6.92 Å². The zero-order valence-electron chi connectivity index (χ0n) is 11.1. The number of carbonyl (C=O) groups is 1. The fourth-order valence-corrected chi connectivity index (χ4v) is 2.24. The number of amides is 1. The van der Waals surface area contributed by atoms with Gasteiger partial charge in [-0.1, -0.05) is 13.3 Å². The molecule has 1 amide bonds. The molecule has 0 bridgehead atoms. The Morgan fingerprint density at radius 3 is 2.29 bits per heavy atom. The summed E-state index contributed by atoms with van der Waals surface area (Å²) in [6.07, 6.45) is 3.24. The highest BCUT2D eigenvalue weighted by Gasteiger charge is 2.22. The Kier molecular flexibility index (Phi) is 6.70. The van der Waals surface area contributed by atoms with Crippen molar-refractivity contribution in [3.8, 4) is 0 Å². The van der Waals surface area contributed by atoms with Crippen LogP contribution in [0, 0.1) is 0 Å². The second-order valence-corrected chi connectivity index (χ2v) is 6.87. The van der Waals surface area contributed by atoms with E-state index in [9.17, 15) is 13.2 Å². The maximum Gasteiger partial charge on any atom is 0.239 e. The molecule has 0 aliphatic carbocycles. The van der Waals surface area contributed by atoms with E-state index in [0.29, 0.717) is 0 Å². The van der Waals surface area contributed by atoms with Crippen molar-refractivity contribution in [3.63, 3.8) is 0 Å². The molecule has 5 nitrogen and oxygen atoms in total. The van der Waals surface area contributed by atoms with Gasteiger partial charge in [-0.2, -0.15) is 0 Å². The normalized spacial score (nSPS) is 15.4. The van der Waals surface area contributed by atoms with Crippen LogP contribution in [0.2, 0.25) is 0 Å². The van der Waals surface area contributed by atoms with Gasteiger partial charge in [0.15, 0.2) is 0 Å². The lowest BCUT2D eigenvalue weighted by Crippen LogP contribution is -2.46. The molecule has 0 heterocycles. The van der Waals surface area contributed by atoms with E-state index in [1.807, 2.05) is 6.92 Å². The molecule has 0 rings (SSSR count). The summed E-state index contributed by atoms with van der Waals surface area (Å²) in [5.41, 5.74) is 5.70. The van der Waals surface area contributed by atoms with Crippen LogP contribution in [-0.2, 0) is 14.6 Å². The van der Waals surface area contributed by atoms with E-state index < -0.39 is 15.9 Å². The van der Waals surface area contributed by atoms with Crippen LogP contribution in [0.4, 0.5) is 0 Å². The van der Waals surface area contributed by atoms with Crippen molar-refractivity contribution < 1.29 is 13.2 Å². The molecule has 6 heteroatoms. The molecule has 2 N–H and O–H groups in total. The molecule has 2 unspecified atom stereocenters. The highest BCUT2D eigenvalue weighted by Crippen LogP contribution is 2.07. The first-order valence-electron chi connectivity index (χ1n) is 5.89. The van der Waals surface area contributed by atoms with Gasteiger partial charge >= 0.3 is 0 Å². The first-order valence-corrected chi connectivity index (χ1v) is 7.95. The number of sulfone groups is 1. The maximum atomic E-state index is 11.9. The van der Waals surface area contributed by atoms with Crippen LogP contribution in [0.5, 0.6) is 0 Å². The fraction of sp³-hybridized carbons (Fsp3) is 0.909. The Labute approximate surface area is 104 Å². The fourth-order valence-electron chi connectivity index (χ4n) is 1.55. The summed E-state index contributed by atoms with van der Waals surface area (Å²) in [7, 11) is -1.35. The number of carbonyl (C=O) groups excluding carboxylic acids is 1. The molecule has 0 aromatic heterocycles. The molecule has 0 aromatic carbocycles. The number of nitrogens with two attached hydrogens (primary N) is 1. The van der Waals surface area contributed by atoms with Crippen molar-refractivity contribution in [2.24, 2.45) is 5.73 Å². The molecule has 0 saturated carbocycles. The van der Waals surface area contributed by atoms with Crippen molar-refractivity contribution >= 4 is 15.7 Å². The van der Waals surface area contributed by atoms with Crippen molar-refractivity contribution in [2.75, 3.05) is 19.1 Å². The number of rotatable bonds is 7. The summed E-state index contributed by atoms with van der Waals surface area (Å²) in [5, 5.41) is 0. The first kappa shape index (κ1) is 16.4. The van der Waals surface area contributed by atoms with Gasteiger partial charge < -0.3 is 10.6 Å². The maximum absolute atomic E-state index is 11.9. The molecule has 0 aliphatic heterocycles. The Bertz CT molecular complexity index is 341. The van der Waals surface area contributed by atoms with E-state index >= 15 is 0 Å². The lowest BCUT2D eigenvalue weighted by atomic mass is 10.1. The Balaban J connectivity index is 4.30. The standard InChI is InChI=1S/C11H24N2O3S/c1-5-6-9(2)13(3)11(14)10(12)7-8-17(4,15)16/h9-10H,5-8,12H2,1-4H3. The third-order valence-corrected chi connectivity index (χ3v) is 3.81. The monoisotopic (exact) mass is 264 g/mol. The van der Waals surface area contributed by atoms with Crippen LogP contribution in [0.15, 0.2) is 0 Å². The minimum absolute atomic E-state index is 0.0457. The van der Waals surface area contributed by atoms with Crippen LogP contribution in [0.1, 0.15) is 33.1 Å². The van der Waals surface area contributed by atoms with Crippen molar-refractivity contribution in [1.29, 1.82) is 0 Å². The van der Waals surface area contributed by atoms with E-state index in [-0.39, 0.29) is 24.1 Å². The van der Waals surface area contributed by atoms with Gasteiger partial charge in [-0.05, 0) is 19.8 Å². The van der Waals surface area contributed by atoms with Crippen LogP contribution < -0.4 is 5.73 Å². The molecular formula is C11H24N2O3S. The molecule has 0 spiro atoms. The number of likely N-dealkylation sites (N-methyl/N-ethyl adjacent to an activating group) is 1. The lowest BCUT2D eigenvalue weighted by molar-refractivity contribution is -0.133. The summed E-state index contributed by atoms with van der Waals surface area (Å²) in [4.78, 5) is 13.5. The van der Waals surface area contributed by atoms with Crippen LogP contribution >= 0.6 is 0 Å². The molecule has 0 fully saturated rings. The minimum Gasteiger partial charge on any atom is -0.342 e. The van der Waals surface area contributed by atoms with Crippen LogP contribution in [0.25, 0.3) is 0 Å². The van der Waals surface area contributed by atoms with Gasteiger partial charge in [0.25, 0.3) is 0 Å². The molecular weight excluding hydrogens is 240 g/mol. The first-order chi connectivity index (χ1) is 7.69. The average molecular weight is 264 g/mol. The van der Waals surface area contributed by atoms with Gasteiger partial charge in [0.05, 0.1) is 11.8 Å². The highest BCUT2D eigenvalue weighted by molar-refractivity contribution is 7.90. The Morgan fingerprint density at radius 2 is 1.88 bits per heavy atom. The summed E-state index contributed by atoms with van der Waals surface area (Å²) >= 11 is 0. The molecule has 0 aromatic rings. The predicted octanol–water partition coefficient (Wildman–Crippen LogP) is 0.395. The topological polar surface area (TPSA) is 80.5 Å². The molecule has 2 atom stereocenters. The Morgan fingerprint density at radius 1 is 1.35 bits per heavy atom. The average Bonchev–Trinajstić information content (AvgIpc) is 2.23. The van der Waals surface area contributed by atoms with Gasteiger partial charge in [-0.15, -0.1) is 0 Å².